The molecule has 0 atom stereocenters. The molecule has 1 heterocycles. The molecule has 4 rings (SSSR count). The lowest BCUT2D eigenvalue weighted by Gasteiger charge is -2.32. The number of anilines is 2. The lowest BCUT2D eigenvalue weighted by molar-refractivity contribution is -0.112. The zero-order chi connectivity index (χ0) is 26.0. The molecule has 1 N–H and O–H groups in total. The predicted octanol–water partition coefficient (Wildman–Crippen LogP) is 5.69. The summed E-state index contributed by atoms with van der Waals surface area (Å²) in [6.07, 6.45) is 0. The van der Waals surface area contributed by atoms with Crippen molar-refractivity contribution in [2.45, 2.75) is 13.8 Å². The summed E-state index contributed by atoms with van der Waals surface area (Å²) in [5.74, 6) is 0.839. The largest absolute Gasteiger partial charge is 0.493 e. The molecule has 3 aromatic carbocycles. The van der Waals surface area contributed by atoms with E-state index >= 15 is 0 Å². The van der Waals surface area contributed by atoms with Gasteiger partial charge >= 0.3 is 0 Å². The molecule has 1 aliphatic heterocycles. The van der Waals surface area contributed by atoms with Gasteiger partial charge in [0.25, 0.3) is 15.9 Å². The van der Waals surface area contributed by atoms with Gasteiger partial charge in [0.15, 0.2) is 22.2 Å². The van der Waals surface area contributed by atoms with Crippen molar-refractivity contribution in [1.82, 2.24) is 0 Å². The Hall–Kier alpha value is -3.69. The number of sulfonamides is 1. The molecule has 0 aromatic heterocycles. The molecule has 0 unspecified atom stereocenters. The van der Waals surface area contributed by atoms with Crippen molar-refractivity contribution in [3.05, 3.63) is 76.2 Å². The van der Waals surface area contributed by atoms with E-state index in [2.05, 4.69) is 5.32 Å². The second kappa shape index (κ2) is 10.1. The number of ether oxygens (including phenoxy) is 3. The molecule has 0 saturated carbocycles. The number of benzene rings is 3. The van der Waals surface area contributed by atoms with E-state index in [4.69, 9.17) is 25.8 Å². The monoisotopic (exact) mass is 528 g/mol. The Kier molecular flexibility index (Phi) is 7.14. The Balaban J connectivity index is 1.80. The van der Waals surface area contributed by atoms with E-state index in [0.29, 0.717) is 39.3 Å². The average molecular weight is 529 g/mol. The molecule has 0 spiro atoms. The van der Waals surface area contributed by atoms with Crippen LogP contribution in [-0.4, -0.2) is 35.1 Å². The first-order valence-electron chi connectivity index (χ1n) is 11.0. The van der Waals surface area contributed by atoms with Crippen molar-refractivity contribution in [2.24, 2.45) is 0 Å². The molecule has 0 radical (unpaired) electrons. The number of hydrogen-bond acceptors (Lipinski definition) is 6. The normalized spacial score (nSPS) is 14.2. The third-order valence-corrected chi connectivity index (χ3v) is 8.00. The van der Waals surface area contributed by atoms with Gasteiger partial charge in [-0.25, -0.2) is 8.42 Å². The number of amides is 1. The van der Waals surface area contributed by atoms with Crippen LogP contribution in [0.25, 0.3) is 5.57 Å². The minimum absolute atomic E-state index is 0.106. The number of methoxy groups -OCH3 is 2. The van der Waals surface area contributed by atoms with Gasteiger partial charge in [0.2, 0.25) is 0 Å². The van der Waals surface area contributed by atoms with Crippen LogP contribution >= 0.6 is 11.6 Å². The van der Waals surface area contributed by atoms with Crippen LogP contribution in [0.5, 0.6) is 23.0 Å². The number of nitrogens with zero attached hydrogens (tertiary/aromatic N) is 1. The summed E-state index contributed by atoms with van der Waals surface area (Å²) in [5, 5.41) is 3.03. The van der Waals surface area contributed by atoms with Gasteiger partial charge in [0.05, 0.1) is 25.6 Å². The molecule has 10 heteroatoms. The minimum Gasteiger partial charge on any atom is -0.493 e. The maximum atomic E-state index is 13.6. The number of allylic oxidation sites excluding steroid dienone is 1. The van der Waals surface area contributed by atoms with Gasteiger partial charge in [-0.1, -0.05) is 29.8 Å². The number of fused-ring (bicyclic) bond motifs is 1. The molecule has 8 nitrogen and oxygen atoms in total. The van der Waals surface area contributed by atoms with E-state index in [1.807, 2.05) is 18.2 Å². The second-order valence-corrected chi connectivity index (χ2v) is 10.1. The van der Waals surface area contributed by atoms with Crippen molar-refractivity contribution in [2.75, 3.05) is 30.4 Å². The highest BCUT2D eigenvalue weighted by atomic mass is 35.5. The zero-order valence-electron chi connectivity index (χ0n) is 20.2. The van der Waals surface area contributed by atoms with Crippen LogP contribution < -0.4 is 23.8 Å². The summed E-state index contributed by atoms with van der Waals surface area (Å²) in [5.41, 5.74) is 1.45. The molecule has 36 heavy (non-hydrogen) atoms. The summed E-state index contributed by atoms with van der Waals surface area (Å²) >= 11 is 6.18. The van der Waals surface area contributed by atoms with Gasteiger partial charge in [0, 0.05) is 23.2 Å². The highest BCUT2D eigenvalue weighted by Crippen LogP contribution is 2.45. The molecule has 0 aliphatic carbocycles. The number of para-hydroxylation sites is 1. The molecule has 1 amide bonds. The van der Waals surface area contributed by atoms with E-state index in [1.54, 1.807) is 50.2 Å². The molecule has 0 fully saturated rings. The number of nitrogens with one attached hydrogen (secondary N) is 1. The maximum absolute atomic E-state index is 13.6. The van der Waals surface area contributed by atoms with Crippen molar-refractivity contribution >= 4 is 44.5 Å². The van der Waals surface area contributed by atoms with E-state index in [9.17, 15) is 13.2 Å². The molecule has 0 saturated heterocycles. The third kappa shape index (κ3) is 4.59. The predicted molar refractivity (Wildman–Crippen MR) is 141 cm³/mol. The van der Waals surface area contributed by atoms with Crippen molar-refractivity contribution < 1.29 is 27.4 Å². The number of carbonyl (C=O) groups excluding carboxylic acids is 1. The summed E-state index contributed by atoms with van der Waals surface area (Å²) < 4.78 is 45.1. The maximum Gasteiger partial charge on any atom is 0.270 e. The Bertz CT molecular complexity index is 1450. The van der Waals surface area contributed by atoms with Crippen LogP contribution in [0.2, 0.25) is 5.02 Å². The third-order valence-electron chi connectivity index (χ3n) is 5.72. The number of hydrogen-bond donors (Lipinski definition) is 1. The van der Waals surface area contributed by atoms with Gasteiger partial charge in [-0.3, -0.25) is 9.10 Å². The van der Waals surface area contributed by atoms with E-state index in [1.165, 1.54) is 24.6 Å². The second-order valence-electron chi connectivity index (χ2n) is 7.86. The summed E-state index contributed by atoms with van der Waals surface area (Å²) in [7, 11) is -1.23. The lowest BCUT2D eigenvalue weighted by Crippen LogP contribution is -2.39. The van der Waals surface area contributed by atoms with Crippen molar-refractivity contribution in [3.8, 4) is 23.0 Å². The standard InChI is InChI=1S/C26H25ClN2O6S/c1-5-29-21-15-24(34-4)23(33-3)14-19(21)16(2)25(36(29,31)32)26(30)28-20-13-17(27)11-12-22(20)35-18-9-7-6-8-10-18/h6-15H,5H2,1-4H3,(H,28,30). The van der Waals surface area contributed by atoms with Gasteiger partial charge in [-0.15, -0.1) is 0 Å². The first-order valence-corrected chi connectivity index (χ1v) is 12.9. The minimum atomic E-state index is -4.19. The Labute approximate surface area is 215 Å². The first kappa shape index (κ1) is 25.4. The molecule has 188 valence electrons. The molecule has 3 aromatic rings. The van der Waals surface area contributed by atoms with Crippen LogP contribution in [0.15, 0.2) is 65.6 Å². The topological polar surface area (TPSA) is 94.2 Å². The quantitative estimate of drug-likeness (QED) is 0.423. The summed E-state index contributed by atoms with van der Waals surface area (Å²) in [6, 6.07) is 17.0. The molecule has 1 aliphatic rings. The number of rotatable bonds is 7. The average Bonchev–Trinajstić information content (AvgIpc) is 2.85. The van der Waals surface area contributed by atoms with Gasteiger partial charge in [0.1, 0.15) is 5.75 Å². The lowest BCUT2D eigenvalue weighted by atomic mass is 10.0. The van der Waals surface area contributed by atoms with E-state index < -0.39 is 15.9 Å². The van der Waals surface area contributed by atoms with Crippen LogP contribution in [0, 0.1) is 0 Å². The van der Waals surface area contributed by atoms with Crippen LogP contribution in [0.3, 0.4) is 0 Å². The summed E-state index contributed by atoms with van der Waals surface area (Å²) in [4.78, 5) is 13.1. The molecular formula is C26H25ClN2O6S. The number of carbonyl (C=O) groups is 1. The SMILES string of the molecule is CCN1c2cc(OC)c(OC)cc2C(C)=C(C(=O)Nc2cc(Cl)ccc2Oc2ccccc2)S1(=O)=O. The van der Waals surface area contributed by atoms with Crippen molar-refractivity contribution in [1.29, 1.82) is 0 Å². The van der Waals surface area contributed by atoms with Crippen molar-refractivity contribution in [3.63, 3.8) is 0 Å². The molecular weight excluding hydrogens is 504 g/mol. The fourth-order valence-corrected chi connectivity index (χ4v) is 5.97. The van der Waals surface area contributed by atoms with E-state index in [-0.39, 0.29) is 22.7 Å². The highest BCUT2D eigenvalue weighted by molar-refractivity contribution is 7.97. The van der Waals surface area contributed by atoms with Crippen LogP contribution in [0.1, 0.15) is 19.4 Å². The summed E-state index contributed by atoms with van der Waals surface area (Å²) in [6.45, 7) is 3.38. The van der Waals surface area contributed by atoms with Gasteiger partial charge in [-0.2, -0.15) is 0 Å². The van der Waals surface area contributed by atoms with Crippen LogP contribution in [0.4, 0.5) is 11.4 Å². The fraction of sp³-hybridized carbons (Fsp3) is 0.192. The molecule has 0 bridgehead atoms. The fourth-order valence-electron chi connectivity index (χ4n) is 4.04. The van der Waals surface area contributed by atoms with Gasteiger partial charge < -0.3 is 19.5 Å². The Morgan fingerprint density at radius 2 is 1.64 bits per heavy atom. The Morgan fingerprint density at radius 1 is 0.972 bits per heavy atom. The number of halogens is 1. The highest BCUT2D eigenvalue weighted by Gasteiger charge is 2.40. The smallest absolute Gasteiger partial charge is 0.270 e. The van der Waals surface area contributed by atoms with Gasteiger partial charge in [-0.05, 0) is 55.8 Å². The zero-order valence-corrected chi connectivity index (χ0v) is 21.7. The first-order chi connectivity index (χ1) is 17.2. The van der Waals surface area contributed by atoms with Crippen LogP contribution in [-0.2, 0) is 14.8 Å². The van der Waals surface area contributed by atoms with E-state index in [0.717, 1.165) is 0 Å². The Morgan fingerprint density at radius 3 is 2.28 bits per heavy atom.